The van der Waals surface area contributed by atoms with Gasteiger partial charge in [-0.2, -0.15) is 0 Å². The van der Waals surface area contributed by atoms with Gasteiger partial charge in [0.2, 0.25) is 0 Å². The molecule has 0 heterocycles. The van der Waals surface area contributed by atoms with Gasteiger partial charge in [-0.05, 0) is 75.2 Å². The van der Waals surface area contributed by atoms with Gasteiger partial charge in [0.05, 0.1) is 0 Å². The van der Waals surface area contributed by atoms with Crippen molar-refractivity contribution in [1.29, 1.82) is 0 Å². The lowest BCUT2D eigenvalue weighted by Gasteiger charge is -2.16. The first-order chi connectivity index (χ1) is 8.90. The fourth-order valence-corrected chi connectivity index (χ4v) is 2.93. The Hall–Kier alpha value is -0.820. The van der Waals surface area contributed by atoms with Crippen LogP contribution in [0.3, 0.4) is 0 Å². The predicted molar refractivity (Wildman–Crippen MR) is 79.2 cm³/mol. The first-order valence-electron chi connectivity index (χ1n) is 7.65. The molecule has 0 saturated carbocycles. The van der Waals surface area contributed by atoms with Crippen LogP contribution in [0.4, 0.5) is 0 Å². The van der Waals surface area contributed by atoms with Gasteiger partial charge in [0, 0.05) is 0 Å². The highest BCUT2D eigenvalue weighted by atomic mass is 14.8. The Morgan fingerprint density at radius 1 is 0.944 bits per heavy atom. The molecule has 0 aromatic heterocycles. The summed E-state index contributed by atoms with van der Waals surface area (Å²) in [6.45, 7) is 1.17. The van der Waals surface area contributed by atoms with Crippen molar-refractivity contribution in [2.24, 2.45) is 0 Å². The Balaban J connectivity index is 1.72. The zero-order valence-corrected chi connectivity index (χ0v) is 11.8. The van der Waals surface area contributed by atoms with Crippen molar-refractivity contribution in [1.82, 2.24) is 5.32 Å². The molecular weight excluding hydrogens is 218 g/mol. The number of unbranched alkanes of at least 4 members (excludes halogenated alkanes) is 3. The summed E-state index contributed by atoms with van der Waals surface area (Å²) < 4.78 is 0. The lowest BCUT2D eigenvalue weighted by molar-refractivity contribution is 0.615. The van der Waals surface area contributed by atoms with E-state index >= 15 is 0 Å². The van der Waals surface area contributed by atoms with Crippen molar-refractivity contribution in [2.45, 2.75) is 57.8 Å². The summed E-state index contributed by atoms with van der Waals surface area (Å²) in [7, 11) is 2.03. The van der Waals surface area contributed by atoms with Gasteiger partial charge in [0.25, 0.3) is 0 Å². The molecule has 0 saturated heterocycles. The molecule has 0 atom stereocenters. The number of hydrogen-bond donors (Lipinski definition) is 1. The van der Waals surface area contributed by atoms with E-state index in [1.807, 2.05) is 7.05 Å². The summed E-state index contributed by atoms with van der Waals surface area (Å²) in [5, 5.41) is 3.21. The maximum atomic E-state index is 3.21. The lowest BCUT2D eigenvalue weighted by Crippen LogP contribution is -2.07. The van der Waals surface area contributed by atoms with Crippen molar-refractivity contribution in [3.8, 4) is 0 Å². The Morgan fingerprint density at radius 3 is 2.56 bits per heavy atom. The van der Waals surface area contributed by atoms with Crippen LogP contribution in [0, 0.1) is 0 Å². The minimum Gasteiger partial charge on any atom is -0.320 e. The summed E-state index contributed by atoms with van der Waals surface area (Å²) in [6.07, 6.45) is 12.1. The van der Waals surface area contributed by atoms with Crippen LogP contribution in [0.1, 0.15) is 55.2 Å². The van der Waals surface area contributed by atoms with Crippen LogP contribution in [0.2, 0.25) is 0 Å². The topological polar surface area (TPSA) is 12.0 Å². The fourth-order valence-electron chi connectivity index (χ4n) is 2.93. The van der Waals surface area contributed by atoms with Crippen molar-refractivity contribution < 1.29 is 0 Å². The molecule has 2 rings (SSSR count). The standard InChI is InChI=1S/C17H27N/c1-18-13-7-3-2-4-8-15-11-12-16-9-5-6-10-17(16)14-15/h11-12,14,18H,2-10,13H2,1H3. The second-order valence-corrected chi connectivity index (χ2v) is 5.58. The van der Waals surface area contributed by atoms with Gasteiger partial charge in [-0.1, -0.05) is 31.0 Å². The quantitative estimate of drug-likeness (QED) is 0.719. The van der Waals surface area contributed by atoms with Crippen LogP contribution in [0.15, 0.2) is 18.2 Å². The summed E-state index contributed by atoms with van der Waals surface area (Å²) in [6, 6.07) is 7.21. The van der Waals surface area contributed by atoms with E-state index in [0.717, 1.165) is 0 Å². The minimum absolute atomic E-state index is 1.17. The van der Waals surface area contributed by atoms with Crippen LogP contribution < -0.4 is 5.32 Å². The Bertz CT molecular complexity index is 357. The molecule has 0 fully saturated rings. The molecule has 0 unspecified atom stereocenters. The number of aryl methyl sites for hydroxylation is 3. The molecule has 100 valence electrons. The van der Waals surface area contributed by atoms with Crippen LogP contribution >= 0.6 is 0 Å². The van der Waals surface area contributed by atoms with E-state index in [4.69, 9.17) is 0 Å². The molecular formula is C17H27N. The third-order valence-electron chi connectivity index (χ3n) is 4.06. The van der Waals surface area contributed by atoms with Crippen LogP contribution in [-0.2, 0) is 19.3 Å². The zero-order chi connectivity index (χ0) is 12.6. The van der Waals surface area contributed by atoms with Gasteiger partial charge >= 0.3 is 0 Å². The van der Waals surface area contributed by atoms with Crippen molar-refractivity contribution >= 4 is 0 Å². The van der Waals surface area contributed by atoms with E-state index < -0.39 is 0 Å². The molecule has 0 amide bonds. The van der Waals surface area contributed by atoms with E-state index in [0.29, 0.717) is 0 Å². The van der Waals surface area contributed by atoms with E-state index in [-0.39, 0.29) is 0 Å². The van der Waals surface area contributed by atoms with E-state index in [9.17, 15) is 0 Å². The SMILES string of the molecule is CNCCCCCCc1ccc2c(c1)CCCC2. The molecule has 0 bridgehead atoms. The Morgan fingerprint density at radius 2 is 1.72 bits per heavy atom. The molecule has 1 aliphatic carbocycles. The molecule has 1 aromatic rings. The highest BCUT2D eigenvalue weighted by molar-refractivity contribution is 5.33. The first-order valence-corrected chi connectivity index (χ1v) is 7.65. The molecule has 1 heteroatoms. The predicted octanol–water partition coefficient (Wildman–Crippen LogP) is 3.89. The van der Waals surface area contributed by atoms with Gasteiger partial charge in [-0.25, -0.2) is 0 Å². The number of benzene rings is 1. The lowest BCUT2D eigenvalue weighted by atomic mass is 9.89. The normalized spacial score (nSPS) is 14.5. The fraction of sp³-hybridized carbons (Fsp3) is 0.647. The number of nitrogens with one attached hydrogen (secondary N) is 1. The van der Waals surface area contributed by atoms with Gasteiger partial charge in [0.1, 0.15) is 0 Å². The number of fused-ring (bicyclic) bond motifs is 1. The zero-order valence-electron chi connectivity index (χ0n) is 11.8. The van der Waals surface area contributed by atoms with E-state index in [2.05, 4.69) is 23.5 Å². The highest BCUT2D eigenvalue weighted by Gasteiger charge is 2.08. The highest BCUT2D eigenvalue weighted by Crippen LogP contribution is 2.23. The molecule has 0 aliphatic heterocycles. The molecule has 1 N–H and O–H groups in total. The smallest absolute Gasteiger partial charge is 0.00519 e. The second-order valence-electron chi connectivity index (χ2n) is 5.58. The second kappa shape index (κ2) is 7.58. The molecule has 1 nitrogen and oxygen atoms in total. The van der Waals surface area contributed by atoms with E-state index in [1.54, 1.807) is 16.7 Å². The van der Waals surface area contributed by atoms with Crippen molar-refractivity contribution in [3.63, 3.8) is 0 Å². The third kappa shape index (κ3) is 4.13. The Labute approximate surface area is 112 Å². The molecule has 0 spiro atoms. The first kappa shape index (κ1) is 13.6. The van der Waals surface area contributed by atoms with Crippen molar-refractivity contribution in [2.75, 3.05) is 13.6 Å². The summed E-state index contributed by atoms with van der Waals surface area (Å²) in [5.74, 6) is 0. The summed E-state index contributed by atoms with van der Waals surface area (Å²) in [4.78, 5) is 0. The van der Waals surface area contributed by atoms with Gasteiger partial charge in [0.15, 0.2) is 0 Å². The summed E-state index contributed by atoms with van der Waals surface area (Å²) in [5.41, 5.74) is 4.80. The minimum atomic E-state index is 1.17. The van der Waals surface area contributed by atoms with Gasteiger partial charge in [-0.15, -0.1) is 0 Å². The maximum absolute atomic E-state index is 3.21. The van der Waals surface area contributed by atoms with Crippen LogP contribution in [0.5, 0.6) is 0 Å². The number of rotatable bonds is 7. The maximum Gasteiger partial charge on any atom is -0.00519 e. The average Bonchev–Trinajstić information content (AvgIpc) is 2.42. The van der Waals surface area contributed by atoms with Crippen LogP contribution in [-0.4, -0.2) is 13.6 Å². The largest absolute Gasteiger partial charge is 0.320 e. The molecule has 1 aliphatic rings. The van der Waals surface area contributed by atoms with Gasteiger partial charge < -0.3 is 5.32 Å². The van der Waals surface area contributed by atoms with E-state index in [1.165, 1.54) is 64.3 Å². The van der Waals surface area contributed by atoms with Crippen molar-refractivity contribution in [3.05, 3.63) is 34.9 Å². The third-order valence-corrected chi connectivity index (χ3v) is 4.06. The molecule has 0 radical (unpaired) electrons. The molecule has 1 aromatic carbocycles. The summed E-state index contributed by atoms with van der Waals surface area (Å²) >= 11 is 0. The molecule has 18 heavy (non-hydrogen) atoms. The monoisotopic (exact) mass is 245 g/mol. The Kier molecular flexibility index (Phi) is 5.73. The average molecular weight is 245 g/mol. The van der Waals surface area contributed by atoms with Crippen LogP contribution in [0.25, 0.3) is 0 Å². The van der Waals surface area contributed by atoms with Gasteiger partial charge in [-0.3, -0.25) is 0 Å². The number of hydrogen-bond acceptors (Lipinski definition) is 1.